The van der Waals surface area contributed by atoms with Gasteiger partial charge in [0.15, 0.2) is 12.4 Å². The summed E-state index contributed by atoms with van der Waals surface area (Å²) in [7, 11) is 0. The number of allylic oxidation sites excluding steroid dienone is 2. The Morgan fingerprint density at radius 2 is 1.08 bits per heavy atom. The second kappa shape index (κ2) is 31.2. The van der Waals surface area contributed by atoms with Crippen molar-refractivity contribution in [3.63, 3.8) is 0 Å². The Morgan fingerprint density at radius 1 is 0.612 bits per heavy atom. The minimum absolute atomic E-state index is 0.216. The lowest BCUT2D eigenvalue weighted by atomic mass is 9.99. The first-order valence-corrected chi connectivity index (χ1v) is 19.8. The lowest BCUT2D eigenvalue weighted by Crippen LogP contribution is -2.59. The molecule has 1 fully saturated rings. The first-order chi connectivity index (χ1) is 23.8. The molecule has 10 heteroatoms. The van der Waals surface area contributed by atoms with Crippen LogP contribution in [0.5, 0.6) is 0 Å². The average Bonchev–Trinajstić information content (AvgIpc) is 3.10. The summed E-state index contributed by atoms with van der Waals surface area (Å²) in [6.07, 6.45) is 22.6. The Morgan fingerprint density at radius 3 is 1.59 bits per heavy atom. The van der Waals surface area contributed by atoms with Gasteiger partial charge < -0.3 is 39.4 Å². The van der Waals surface area contributed by atoms with E-state index in [1.807, 2.05) is 0 Å². The van der Waals surface area contributed by atoms with Gasteiger partial charge in [-0.25, -0.2) is 0 Å². The van der Waals surface area contributed by atoms with Crippen molar-refractivity contribution in [3.8, 4) is 0 Å². The van der Waals surface area contributed by atoms with Gasteiger partial charge in [-0.05, 0) is 38.5 Å². The van der Waals surface area contributed by atoms with Crippen LogP contribution < -0.4 is 0 Å². The Balaban J connectivity index is 2.31. The first-order valence-electron chi connectivity index (χ1n) is 19.8. The summed E-state index contributed by atoms with van der Waals surface area (Å²) in [5.41, 5.74) is 0. The van der Waals surface area contributed by atoms with Crippen LogP contribution in [0.1, 0.15) is 168 Å². The number of aliphatic hydroxyl groups excluding tert-OH is 4. The average molecular weight is 701 g/mol. The van der Waals surface area contributed by atoms with E-state index >= 15 is 0 Å². The zero-order chi connectivity index (χ0) is 36.0. The number of hydrogen-bond donors (Lipinski definition) is 4. The van der Waals surface area contributed by atoms with Crippen molar-refractivity contribution in [2.24, 2.45) is 0 Å². The molecule has 1 rings (SSSR count). The van der Waals surface area contributed by atoms with Gasteiger partial charge in [0.1, 0.15) is 31.0 Å². The topological polar surface area (TPSA) is 152 Å². The van der Waals surface area contributed by atoms with Crippen molar-refractivity contribution < 1.29 is 49.0 Å². The van der Waals surface area contributed by atoms with E-state index in [9.17, 15) is 30.0 Å². The van der Waals surface area contributed by atoms with E-state index in [1.165, 1.54) is 77.0 Å². The SMILES string of the molecule is CCCCCCCCC/C=C\CCCCCCCCCC(=O)OC(COC(=O)CCCCCCCC)COC1OC(CO)C(O)C(O)C1O. The maximum atomic E-state index is 12.7. The summed E-state index contributed by atoms with van der Waals surface area (Å²) < 4.78 is 22.0. The number of carbonyl (C=O) groups is 2. The summed E-state index contributed by atoms with van der Waals surface area (Å²) in [4.78, 5) is 25.0. The van der Waals surface area contributed by atoms with E-state index in [4.69, 9.17) is 18.9 Å². The van der Waals surface area contributed by atoms with Crippen molar-refractivity contribution in [1.29, 1.82) is 0 Å². The molecule has 0 spiro atoms. The minimum Gasteiger partial charge on any atom is -0.462 e. The Hall–Kier alpha value is -1.56. The number of hydrogen-bond acceptors (Lipinski definition) is 10. The van der Waals surface area contributed by atoms with Crippen molar-refractivity contribution in [1.82, 2.24) is 0 Å². The Kier molecular flexibility index (Phi) is 28.9. The van der Waals surface area contributed by atoms with Crippen LogP contribution in [0.4, 0.5) is 0 Å². The first kappa shape index (κ1) is 45.5. The highest BCUT2D eigenvalue weighted by Crippen LogP contribution is 2.22. The predicted molar refractivity (Wildman–Crippen MR) is 192 cm³/mol. The number of carbonyl (C=O) groups excluding carboxylic acids is 2. The number of aliphatic hydroxyl groups is 4. The quantitative estimate of drug-likeness (QED) is 0.0322. The molecule has 0 aromatic carbocycles. The fourth-order valence-electron chi connectivity index (χ4n) is 5.95. The van der Waals surface area contributed by atoms with Crippen LogP contribution in [0.25, 0.3) is 0 Å². The van der Waals surface area contributed by atoms with Crippen LogP contribution in [0.3, 0.4) is 0 Å². The second-order valence-electron chi connectivity index (χ2n) is 13.7. The van der Waals surface area contributed by atoms with E-state index < -0.39 is 49.4 Å². The van der Waals surface area contributed by atoms with Crippen molar-refractivity contribution in [2.75, 3.05) is 19.8 Å². The van der Waals surface area contributed by atoms with Crippen LogP contribution in [0.15, 0.2) is 12.2 Å². The highest BCUT2D eigenvalue weighted by atomic mass is 16.7. The number of rotatable bonds is 32. The Bertz CT molecular complexity index is 820. The molecule has 4 N–H and O–H groups in total. The van der Waals surface area contributed by atoms with Crippen LogP contribution in [0, 0.1) is 0 Å². The summed E-state index contributed by atoms with van der Waals surface area (Å²) in [6.45, 7) is 3.34. The molecule has 0 bridgehead atoms. The number of esters is 2. The van der Waals surface area contributed by atoms with Crippen LogP contribution >= 0.6 is 0 Å². The maximum Gasteiger partial charge on any atom is 0.306 e. The van der Waals surface area contributed by atoms with E-state index in [2.05, 4.69) is 26.0 Å². The largest absolute Gasteiger partial charge is 0.462 e. The van der Waals surface area contributed by atoms with E-state index in [0.29, 0.717) is 6.42 Å². The molecule has 1 heterocycles. The third kappa shape index (κ3) is 23.5. The molecule has 6 unspecified atom stereocenters. The van der Waals surface area contributed by atoms with Crippen LogP contribution in [0.2, 0.25) is 0 Å². The van der Waals surface area contributed by atoms with Crippen LogP contribution in [-0.2, 0) is 28.5 Å². The van der Waals surface area contributed by atoms with Crippen molar-refractivity contribution >= 4 is 11.9 Å². The standard InChI is InChI=1S/C39H72O10/c1-3-5-7-9-11-12-13-14-15-16-17-18-19-20-21-22-24-26-28-35(42)48-32(30-46-34(41)27-25-23-10-8-6-4-2)31-47-39-38(45)37(44)36(43)33(29-40)49-39/h15-16,32-33,36-40,43-45H,3-14,17-31H2,1-2H3/b16-15-. The summed E-state index contributed by atoms with van der Waals surface area (Å²) in [5, 5.41) is 39.8. The van der Waals surface area contributed by atoms with Crippen molar-refractivity contribution in [2.45, 2.75) is 205 Å². The molecule has 0 amide bonds. The van der Waals surface area contributed by atoms with E-state index in [-0.39, 0.29) is 32.0 Å². The summed E-state index contributed by atoms with van der Waals surface area (Å²) >= 11 is 0. The van der Waals surface area contributed by atoms with Gasteiger partial charge in [0, 0.05) is 12.8 Å². The molecule has 0 aromatic heterocycles. The van der Waals surface area contributed by atoms with Gasteiger partial charge in [0.25, 0.3) is 0 Å². The molecule has 0 aliphatic carbocycles. The molecule has 0 aromatic rings. The van der Waals surface area contributed by atoms with Gasteiger partial charge in [-0.3, -0.25) is 9.59 Å². The molecule has 288 valence electrons. The van der Waals surface area contributed by atoms with Gasteiger partial charge in [0.2, 0.25) is 0 Å². The molecule has 0 radical (unpaired) electrons. The molecule has 6 atom stereocenters. The fourth-order valence-corrected chi connectivity index (χ4v) is 5.95. The monoisotopic (exact) mass is 701 g/mol. The lowest BCUT2D eigenvalue weighted by Gasteiger charge is -2.39. The molecule has 0 saturated carbocycles. The van der Waals surface area contributed by atoms with E-state index in [1.54, 1.807) is 0 Å². The molecule has 1 aliphatic heterocycles. The second-order valence-corrected chi connectivity index (χ2v) is 13.7. The zero-order valence-electron chi connectivity index (χ0n) is 30.9. The molecule has 1 aliphatic rings. The lowest BCUT2D eigenvalue weighted by molar-refractivity contribution is -0.305. The summed E-state index contributed by atoms with van der Waals surface area (Å²) in [5.74, 6) is -0.818. The number of unbranched alkanes of at least 4 members (excludes halogenated alkanes) is 19. The van der Waals surface area contributed by atoms with Crippen molar-refractivity contribution in [3.05, 3.63) is 12.2 Å². The fraction of sp³-hybridized carbons (Fsp3) is 0.897. The zero-order valence-corrected chi connectivity index (χ0v) is 30.9. The smallest absolute Gasteiger partial charge is 0.306 e. The highest BCUT2D eigenvalue weighted by Gasteiger charge is 2.44. The minimum atomic E-state index is -1.59. The van der Waals surface area contributed by atoms with Gasteiger partial charge >= 0.3 is 11.9 Å². The Labute approximate surface area is 297 Å². The molecule has 49 heavy (non-hydrogen) atoms. The van der Waals surface area contributed by atoms with E-state index in [0.717, 1.165) is 57.8 Å². The summed E-state index contributed by atoms with van der Waals surface area (Å²) in [6, 6.07) is 0. The third-order valence-corrected chi connectivity index (χ3v) is 9.15. The predicted octanol–water partition coefficient (Wildman–Crippen LogP) is 7.22. The van der Waals surface area contributed by atoms with Gasteiger partial charge in [-0.15, -0.1) is 0 Å². The van der Waals surface area contributed by atoms with Crippen LogP contribution in [-0.4, -0.2) is 89.0 Å². The van der Waals surface area contributed by atoms with Gasteiger partial charge in [0.05, 0.1) is 13.2 Å². The number of ether oxygens (including phenoxy) is 4. The normalized spacial score (nSPS) is 21.6. The molecule has 10 nitrogen and oxygen atoms in total. The third-order valence-electron chi connectivity index (χ3n) is 9.15. The maximum absolute atomic E-state index is 12.7. The molecule has 1 saturated heterocycles. The molecular formula is C39H72O10. The van der Waals surface area contributed by atoms with Gasteiger partial charge in [-0.1, -0.05) is 129 Å². The highest BCUT2D eigenvalue weighted by molar-refractivity contribution is 5.70. The van der Waals surface area contributed by atoms with Gasteiger partial charge in [-0.2, -0.15) is 0 Å². The molecular weight excluding hydrogens is 628 g/mol.